The van der Waals surface area contributed by atoms with E-state index in [0.29, 0.717) is 10.6 Å². The molecule has 0 radical (unpaired) electrons. The summed E-state index contributed by atoms with van der Waals surface area (Å²) in [6.45, 7) is 3.40. The first-order chi connectivity index (χ1) is 8.61. The Morgan fingerprint density at radius 1 is 1.44 bits per heavy atom. The lowest BCUT2D eigenvalue weighted by molar-refractivity contribution is -0.121. The van der Waals surface area contributed by atoms with Crippen molar-refractivity contribution >= 4 is 23.1 Å². The van der Waals surface area contributed by atoms with Gasteiger partial charge in [-0.2, -0.15) is 5.26 Å². The molecule has 1 fully saturated rings. The molecule has 0 aliphatic carbocycles. The fourth-order valence-corrected chi connectivity index (χ4v) is 2.55. The first-order valence-electron chi connectivity index (χ1n) is 6.07. The largest absolute Gasteiger partial charge is 0.371 e. The van der Waals surface area contributed by atoms with Crippen LogP contribution >= 0.6 is 11.6 Å². The van der Waals surface area contributed by atoms with Crippen molar-refractivity contribution in [2.75, 3.05) is 18.0 Å². The Morgan fingerprint density at radius 2 is 2.11 bits per heavy atom. The molecule has 2 rings (SSSR count). The standard InChI is InChI=1S/C14H15ClN2O/c1-10(18)11-4-6-17(7-5-11)13-3-2-12(9-16)14(15)8-13/h2-3,8,11H,4-7H2,1H3. The van der Waals surface area contributed by atoms with Crippen molar-refractivity contribution < 1.29 is 4.79 Å². The van der Waals surface area contributed by atoms with Gasteiger partial charge in [0.2, 0.25) is 0 Å². The molecule has 4 heteroatoms. The number of ketones is 1. The second kappa shape index (κ2) is 5.41. The minimum absolute atomic E-state index is 0.204. The Bertz CT molecular complexity index is 499. The van der Waals surface area contributed by atoms with Crippen LogP contribution in [0.25, 0.3) is 0 Å². The van der Waals surface area contributed by atoms with Crippen molar-refractivity contribution in [2.45, 2.75) is 19.8 Å². The Kier molecular flexibility index (Phi) is 3.88. The molecule has 1 aromatic carbocycles. The van der Waals surface area contributed by atoms with Crippen LogP contribution in [0.15, 0.2) is 18.2 Å². The summed E-state index contributed by atoms with van der Waals surface area (Å²) in [5.41, 5.74) is 1.53. The van der Waals surface area contributed by atoms with Gasteiger partial charge in [0.15, 0.2) is 0 Å². The Labute approximate surface area is 112 Å². The number of benzene rings is 1. The number of hydrogen-bond acceptors (Lipinski definition) is 3. The maximum atomic E-state index is 11.3. The smallest absolute Gasteiger partial charge is 0.133 e. The van der Waals surface area contributed by atoms with E-state index in [1.807, 2.05) is 12.1 Å². The molecule has 1 aromatic rings. The van der Waals surface area contributed by atoms with E-state index in [1.54, 1.807) is 13.0 Å². The molecule has 18 heavy (non-hydrogen) atoms. The normalized spacial score (nSPS) is 16.4. The highest BCUT2D eigenvalue weighted by atomic mass is 35.5. The predicted octanol–water partition coefficient (Wildman–Crippen LogP) is 3.02. The summed E-state index contributed by atoms with van der Waals surface area (Å²) >= 11 is 6.02. The number of rotatable bonds is 2. The average molecular weight is 263 g/mol. The predicted molar refractivity (Wildman–Crippen MR) is 71.8 cm³/mol. The van der Waals surface area contributed by atoms with E-state index in [4.69, 9.17) is 16.9 Å². The maximum absolute atomic E-state index is 11.3. The molecule has 0 unspecified atom stereocenters. The van der Waals surface area contributed by atoms with Crippen LogP contribution in [-0.2, 0) is 4.79 Å². The molecule has 1 aliphatic heterocycles. The number of carbonyl (C=O) groups is 1. The average Bonchev–Trinajstić information content (AvgIpc) is 2.38. The van der Waals surface area contributed by atoms with Gasteiger partial charge in [0.1, 0.15) is 11.9 Å². The van der Waals surface area contributed by atoms with Crippen LogP contribution in [0.5, 0.6) is 0 Å². The van der Waals surface area contributed by atoms with E-state index in [9.17, 15) is 4.79 Å². The van der Waals surface area contributed by atoms with Gasteiger partial charge in [-0.05, 0) is 38.0 Å². The van der Waals surface area contributed by atoms with Gasteiger partial charge in [-0.1, -0.05) is 11.6 Å². The van der Waals surface area contributed by atoms with Crippen LogP contribution in [0.2, 0.25) is 5.02 Å². The Morgan fingerprint density at radius 3 is 2.61 bits per heavy atom. The Hall–Kier alpha value is -1.53. The van der Waals surface area contributed by atoms with E-state index in [2.05, 4.69) is 11.0 Å². The zero-order valence-electron chi connectivity index (χ0n) is 10.3. The van der Waals surface area contributed by atoms with E-state index in [0.717, 1.165) is 31.6 Å². The summed E-state index contributed by atoms with van der Waals surface area (Å²) < 4.78 is 0. The zero-order chi connectivity index (χ0) is 13.1. The number of Topliss-reactive ketones (excluding diaryl/α,β-unsaturated/α-hetero) is 1. The molecule has 0 aromatic heterocycles. The molecule has 0 N–H and O–H groups in total. The molecular formula is C14H15ClN2O. The number of carbonyl (C=O) groups excluding carboxylic acids is 1. The molecule has 1 saturated heterocycles. The lowest BCUT2D eigenvalue weighted by atomic mass is 9.93. The quantitative estimate of drug-likeness (QED) is 0.823. The zero-order valence-corrected chi connectivity index (χ0v) is 11.1. The molecule has 0 bridgehead atoms. The first kappa shape index (κ1) is 12.9. The number of hydrogen-bond donors (Lipinski definition) is 0. The van der Waals surface area contributed by atoms with Gasteiger partial charge in [-0.15, -0.1) is 0 Å². The number of piperidine rings is 1. The first-order valence-corrected chi connectivity index (χ1v) is 6.44. The van der Waals surface area contributed by atoms with E-state index < -0.39 is 0 Å². The van der Waals surface area contributed by atoms with Crippen LogP contribution in [0.4, 0.5) is 5.69 Å². The third-order valence-electron chi connectivity index (χ3n) is 3.51. The second-order valence-electron chi connectivity index (χ2n) is 4.65. The molecule has 0 atom stereocenters. The van der Waals surface area contributed by atoms with Gasteiger partial charge in [-0.25, -0.2) is 0 Å². The third-order valence-corrected chi connectivity index (χ3v) is 3.82. The van der Waals surface area contributed by atoms with Crippen molar-refractivity contribution in [3.63, 3.8) is 0 Å². The summed E-state index contributed by atoms with van der Waals surface area (Å²) in [4.78, 5) is 13.5. The summed E-state index contributed by atoms with van der Waals surface area (Å²) in [5.74, 6) is 0.489. The van der Waals surface area contributed by atoms with Gasteiger partial charge in [-0.3, -0.25) is 4.79 Å². The highest BCUT2D eigenvalue weighted by Crippen LogP contribution is 2.27. The summed E-state index contributed by atoms with van der Waals surface area (Å²) in [6.07, 6.45) is 1.79. The van der Waals surface area contributed by atoms with Gasteiger partial charge >= 0.3 is 0 Å². The molecule has 0 spiro atoms. The fraction of sp³-hybridized carbons (Fsp3) is 0.429. The third kappa shape index (κ3) is 2.65. The number of nitriles is 1. The van der Waals surface area contributed by atoms with Crippen molar-refractivity contribution in [3.8, 4) is 6.07 Å². The van der Waals surface area contributed by atoms with Crippen LogP contribution in [-0.4, -0.2) is 18.9 Å². The van der Waals surface area contributed by atoms with Gasteiger partial charge in [0.25, 0.3) is 0 Å². The lowest BCUT2D eigenvalue weighted by Crippen LogP contribution is -2.35. The molecule has 3 nitrogen and oxygen atoms in total. The van der Waals surface area contributed by atoms with Crippen molar-refractivity contribution in [1.82, 2.24) is 0 Å². The molecule has 0 amide bonds. The monoisotopic (exact) mass is 262 g/mol. The maximum Gasteiger partial charge on any atom is 0.133 e. The summed E-state index contributed by atoms with van der Waals surface area (Å²) in [7, 11) is 0. The fourth-order valence-electron chi connectivity index (χ4n) is 2.34. The van der Waals surface area contributed by atoms with Gasteiger partial charge in [0, 0.05) is 24.7 Å². The van der Waals surface area contributed by atoms with E-state index >= 15 is 0 Å². The minimum atomic E-state index is 0.204. The number of nitrogens with zero attached hydrogens (tertiary/aromatic N) is 2. The van der Waals surface area contributed by atoms with Gasteiger partial charge < -0.3 is 4.90 Å². The van der Waals surface area contributed by atoms with E-state index in [-0.39, 0.29) is 11.7 Å². The topological polar surface area (TPSA) is 44.1 Å². The highest BCUT2D eigenvalue weighted by Gasteiger charge is 2.22. The molecular weight excluding hydrogens is 248 g/mol. The van der Waals surface area contributed by atoms with Crippen LogP contribution in [0.3, 0.4) is 0 Å². The van der Waals surface area contributed by atoms with E-state index in [1.165, 1.54) is 0 Å². The van der Waals surface area contributed by atoms with Crippen molar-refractivity contribution in [3.05, 3.63) is 28.8 Å². The Balaban J connectivity index is 2.08. The van der Waals surface area contributed by atoms with Crippen molar-refractivity contribution in [2.24, 2.45) is 5.92 Å². The summed E-state index contributed by atoms with van der Waals surface area (Å²) in [6, 6.07) is 7.54. The molecule has 1 aliphatic rings. The molecule has 94 valence electrons. The van der Waals surface area contributed by atoms with Crippen LogP contribution in [0.1, 0.15) is 25.3 Å². The highest BCUT2D eigenvalue weighted by molar-refractivity contribution is 6.32. The number of halogens is 1. The molecule has 0 saturated carbocycles. The lowest BCUT2D eigenvalue weighted by Gasteiger charge is -2.32. The van der Waals surface area contributed by atoms with Crippen molar-refractivity contribution in [1.29, 1.82) is 5.26 Å². The second-order valence-corrected chi connectivity index (χ2v) is 5.06. The minimum Gasteiger partial charge on any atom is -0.371 e. The summed E-state index contributed by atoms with van der Waals surface area (Å²) in [5, 5.41) is 9.32. The molecule has 1 heterocycles. The van der Waals surface area contributed by atoms with Gasteiger partial charge in [0.05, 0.1) is 10.6 Å². The number of anilines is 1. The SMILES string of the molecule is CC(=O)C1CCN(c2ccc(C#N)c(Cl)c2)CC1. The van der Waals surface area contributed by atoms with Crippen LogP contribution in [0, 0.1) is 17.2 Å². The van der Waals surface area contributed by atoms with Crippen LogP contribution < -0.4 is 4.90 Å².